The lowest BCUT2D eigenvalue weighted by atomic mass is 9.96. The van der Waals surface area contributed by atoms with Crippen molar-refractivity contribution in [3.05, 3.63) is 35.9 Å². The van der Waals surface area contributed by atoms with Crippen LogP contribution < -0.4 is 11.1 Å². The maximum atomic E-state index is 12.1. The van der Waals surface area contributed by atoms with Gasteiger partial charge >= 0.3 is 0 Å². The molecule has 2 rings (SSSR count). The molecule has 0 aliphatic carbocycles. The fourth-order valence-electron chi connectivity index (χ4n) is 2.69. The lowest BCUT2D eigenvalue weighted by Crippen LogP contribution is -2.44. The third kappa shape index (κ3) is 4.56. The number of nitrogens with zero attached hydrogens (tertiary/aromatic N) is 1. The second-order valence-corrected chi connectivity index (χ2v) is 5.65. The number of hydrogen-bond acceptors (Lipinski definition) is 3. The molecule has 1 fully saturated rings. The number of primary amides is 1. The zero-order valence-electron chi connectivity index (χ0n) is 12.4. The Kier molecular flexibility index (Phi) is 5.33. The summed E-state index contributed by atoms with van der Waals surface area (Å²) >= 11 is 0. The van der Waals surface area contributed by atoms with Crippen molar-refractivity contribution in [2.24, 2.45) is 11.7 Å². The Morgan fingerprint density at radius 1 is 1.29 bits per heavy atom. The zero-order valence-corrected chi connectivity index (χ0v) is 12.4. The van der Waals surface area contributed by atoms with E-state index in [4.69, 9.17) is 5.73 Å². The Hall–Kier alpha value is -1.88. The molecule has 3 N–H and O–H groups in total. The van der Waals surface area contributed by atoms with E-state index in [1.807, 2.05) is 37.3 Å². The van der Waals surface area contributed by atoms with Gasteiger partial charge in [-0.1, -0.05) is 30.3 Å². The first-order chi connectivity index (χ1) is 10.1. The molecule has 2 amide bonds. The minimum Gasteiger partial charge on any atom is -0.369 e. The first kappa shape index (κ1) is 15.5. The van der Waals surface area contributed by atoms with Crippen LogP contribution in [0.15, 0.2) is 30.3 Å². The van der Waals surface area contributed by atoms with Crippen molar-refractivity contribution < 1.29 is 9.59 Å². The Morgan fingerprint density at radius 2 is 1.90 bits per heavy atom. The van der Waals surface area contributed by atoms with E-state index in [0.29, 0.717) is 6.54 Å². The van der Waals surface area contributed by atoms with Crippen LogP contribution >= 0.6 is 0 Å². The fourth-order valence-corrected chi connectivity index (χ4v) is 2.69. The highest BCUT2D eigenvalue weighted by atomic mass is 16.2. The molecule has 1 aliphatic rings. The molecular formula is C16H23N3O2. The number of hydrogen-bond donors (Lipinski definition) is 2. The molecule has 0 saturated carbocycles. The molecule has 21 heavy (non-hydrogen) atoms. The molecule has 1 aromatic carbocycles. The molecule has 5 heteroatoms. The highest BCUT2D eigenvalue weighted by Crippen LogP contribution is 2.16. The van der Waals surface area contributed by atoms with Crippen molar-refractivity contribution in [1.82, 2.24) is 10.2 Å². The zero-order chi connectivity index (χ0) is 15.2. The number of rotatable bonds is 5. The van der Waals surface area contributed by atoms with Crippen LogP contribution in [0.5, 0.6) is 0 Å². The smallest absolute Gasteiger partial charge is 0.234 e. The average molecular weight is 289 g/mol. The van der Waals surface area contributed by atoms with Crippen LogP contribution in [0, 0.1) is 5.92 Å². The van der Waals surface area contributed by atoms with E-state index in [2.05, 4.69) is 10.2 Å². The largest absolute Gasteiger partial charge is 0.369 e. The van der Waals surface area contributed by atoms with Crippen molar-refractivity contribution in [2.75, 3.05) is 19.6 Å². The molecule has 0 radical (unpaired) electrons. The summed E-state index contributed by atoms with van der Waals surface area (Å²) in [6, 6.07) is 9.90. The summed E-state index contributed by atoms with van der Waals surface area (Å²) in [4.78, 5) is 25.3. The molecule has 0 spiro atoms. The molecule has 1 aromatic rings. The topological polar surface area (TPSA) is 75.4 Å². The van der Waals surface area contributed by atoms with E-state index in [0.717, 1.165) is 31.5 Å². The van der Waals surface area contributed by atoms with Gasteiger partial charge in [0, 0.05) is 5.92 Å². The van der Waals surface area contributed by atoms with Crippen LogP contribution in [0.25, 0.3) is 0 Å². The summed E-state index contributed by atoms with van der Waals surface area (Å²) in [5.41, 5.74) is 6.40. The molecule has 0 unspecified atom stereocenters. The van der Waals surface area contributed by atoms with Crippen LogP contribution in [-0.4, -0.2) is 36.3 Å². The van der Waals surface area contributed by atoms with Gasteiger partial charge in [0.05, 0.1) is 12.6 Å². The highest BCUT2D eigenvalue weighted by Gasteiger charge is 2.24. The van der Waals surface area contributed by atoms with Gasteiger partial charge in [-0.25, -0.2) is 0 Å². The van der Waals surface area contributed by atoms with E-state index in [1.54, 1.807) is 0 Å². The third-order valence-electron chi connectivity index (χ3n) is 4.03. The van der Waals surface area contributed by atoms with Crippen molar-refractivity contribution >= 4 is 11.8 Å². The van der Waals surface area contributed by atoms with E-state index >= 15 is 0 Å². The van der Waals surface area contributed by atoms with Crippen molar-refractivity contribution in [3.8, 4) is 0 Å². The number of nitrogens with two attached hydrogens (primary N) is 1. The predicted octanol–water partition coefficient (Wildman–Crippen LogP) is 1.06. The molecule has 114 valence electrons. The van der Waals surface area contributed by atoms with Crippen LogP contribution in [0.2, 0.25) is 0 Å². The minimum atomic E-state index is -0.225. The standard InChI is InChI=1S/C16H23N3O2/c1-12(13-5-3-2-4-6-13)18-15(20)11-19-9-7-14(8-10-19)16(17)21/h2-6,12,14H,7-11H2,1H3,(H2,17,21)(H,18,20)/t12-/m0/s1. The van der Waals surface area contributed by atoms with Crippen molar-refractivity contribution in [3.63, 3.8) is 0 Å². The summed E-state index contributed by atoms with van der Waals surface area (Å²) in [5, 5.41) is 3.01. The van der Waals surface area contributed by atoms with Gasteiger partial charge in [0.25, 0.3) is 0 Å². The minimum absolute atomic E-state index is 0.00172. The Bertz CT molecular complexity index is 482. The Labute approximate surface area is 125 Å². The molecule has 0 aromatic heterocycles. The van der Waals surface area contributed by atoms with Gasteiger partial charge in [0.15, 0.2) is 0 Å². The van der Waals surface area contributed by atoms with Gasteiger partial charge in [-0.05, 0) is 38.4 Å². The summed E-state index contributed by atoms with van der Waals surface area (Å²) in [5.74, 6) is -0.242. The van der Waals surface area contributed by atoms with Crippen LogP contribution in [-0.2, 0) is 9.59 Å². The highest BCUT2D eigenvalue weighted by molar-refractivity contribution is 5.79. The summed E-state index contributed by atoms with van der Waals surface area (Å²) in [6.07, 6.45) is 1.49. The molecule has 1 heterocycles. The third-order valence-corrected chi connectivity index (χ3v) is 4.03. The van der Waals surface area contributed by atoms with Gasteiger partial charge in [-0.2, -0.15) is 0 Å². The molecule has 0 bridgehead atoms. The molecular weight excluding hydrogens is 266 g/mol. The van der Waals surface area contributed by atoms with Crippen LogP contribution in [0.1, 0.15) is 31.4 Å². The number of benzene rings is 1. The normalized spacial score (nSPS) is 18.1. The first-order valence-electron chi connectivity index (χ1n) is 7.42. The van der Waals surface area contributed by atoms with E-state index in [9.17, 15) is 9.59 Å². The van der Waals surface area contributed by atoms with E-state index in [1.165, 1.54) is 0 Å². The van der Waals surface area contributed by atoms with Gasteiger partial charge in [-0.15, -0.1) is 0 Å². The van der Waals surface area contributed by atoms with Crippen LogP contribution in [0.4, 0.5) is 0 Å². The summed E-state index contributed by atoms with van der Waals surface area (Å²) < 4.78 is 0. The number of nitrogens with one attached hydrogen (secondary N) is 1. The van der Waals surface area contributed by atoms with Crippen LogP contribution in [0.3, 0.4) is 0 Å². The maximum Gasteiger partial charge on any atom is 0.234 e. The number of piperidine rings is 1. The van der Waals surface area contributed by atoms with Crippen molar-refractivity contribution in [1.29, 1.82) is 0 Å². The Balaban J connectivity index is 1.76. The summed E-state index contributed by atoms with van der Waals surface area (Å²) in [6.45, 7) is 3.86. The fraction of sp³-hybridized carbons (Fsp3) is 0.500. The molecule has 1 aliphatic heterocycles. The quantitative estimate of drug-likeness (QED) is 0.851. The van der Waals surface area contributed by atoms with Gasteiger partial charge in [0.2, 0.25) is 11.8 Å². The molecule has 1 saturated heterocycles. The monoisotopic (exact) mass is 289 g/mol. The molecule has 1 atom stereocenters. The van der Waals surface area contributed by atoms with Crippen molar-refractivity contribution in [2.45, 2.75) is 25.8 Å². The van der Waals surface area contributed by atoms with Gasteiger partial charge in [0.1, 0.15) is 0 Å². The number of carbonyl (C=O) groups is 2. The number of carbonyl (C=O) groups excluding carboxylic acids is 2. The Morgan fingerprint density at radius 3 is 2.48 bits per heavy atom. The first-order valence-corrected chi connectivity index (χ1v) is 7.42. The predicted molar refractivity (Wildman–Crippen MR) is 81.4 cm³/mol. The maximum absolute atomic E-state index is 12.1. The summed E-state index contributed by atoms with van der Waals surface area (Å²) in [7, 11) is 0. The van der Waals surface area contributed by atoms with Gasteiger partial charge in [-0.3, -0.25) is 14.5 Å². The van der Waals surface area contributed by atoms with E-state index < -0.39 is 0 Å². The number of likely N-dealkylation sites (tertiary alicyclic amines) is 1. The average Bonchev–Trinajstić information content (AvgIpc) is 2.48. The van der Waals surface area contributed by atoms with Gasteiger partial charge < -0.3 is 11.1 Å². The lowest BCUT2D eigenvalue weighted by molar-refractivity contribution is -0.124. The van der Waals surface area contributed by atoms with E-state index in [-0.39, 0.29) is 23.8 Å². The molecule has 5 nitrogen and oxygen atoms in total. The lowest BCUT2D eigenvalue weighted by Gasteiger charge is -2.30. The second kappa shape index (κ2) is 7.22. The SMILES string of the molecule is C[C@H](NC(=O)CN1CCC(C(N)=O)CC1)c1ccccc1. The second-order valence-electron chi connectivity index (χ2n) is 5.65. The number of amides is 2.